The summed E-state index contributed by atoms with van der Waals surface area (Å²) < 4.78 is 17.5. The third kappa shape index (κ3) is 6.64. The molecule has 3 amide bonds. The molecule has 3 aromatic heterocycles. The van der Waals surface area contributed by atoms with Crippen molar-refractivity contribution in [2.24, 2.45) is 5.92 Å². The van der Waals surface area contributed by atoms with Crippen molar-refractivity contribution in [1.29, 1.82) is 0 Å². The van der Waals surface area contributed by atoms with Crippen LogP contribution in [0.5, 0.6) is 0 Å². The van der Waals surface area contributed by atoms with E-state index in [1.807, 2.05) is 37.3 Å². The maximum absolute atomic E-state index is 14.1. The summed E-state index contributed by atoms with van der Waals surface area (Å²) >= 11 is 0. The number of benzene rings is 2. The van der Waals surface area contributed by atoms with E-state index in [4.69, 9.17) is 10.8 Å². The lowest BCUT2D eigenvalue weighted by molar-refractivity contribution is -0.135. The summed E-state index contributed by atoms with van der Waals surface area (Å²) in [5.41, 5.74) is 8.49. The van der Waals surface area contributed by atoms with E-state index in [0.29, 0.717) is 54.2 Å². The second-order valence-corrected chi connectivity index (χ2v) is 14.2. The molecule has 53 heavy (non-hydrogen) atoms. The number of piperidine rings is 1. The molecule has 7 rings (SSSR count). The van der Waals surface area contributed by atoms with Gasteiger partial charge in [0.15, 0.2) is 5.65 Å². The predicted octanol–water partition coefficient (Wildman–Crippen LogP) is 5.54. The second kappa shape index (κ2) is 14.2. The van der Waals surface area contributed by atoms with Crippen LogP contribution in [0.4, 0.5) is 15.9 Å². The van der Waals surface area contributed by atoms with Crippen molar-refractivity contribution in [2.75, 3.05) is 37.2 Å². The molecule has 0 atom stereocenters. The molecule has 2 aliphatic heterocycles. The average Bonchev–Trinajstić information content (AvgIpc) is 3.52. The number of pyridine rings is 1. The number of hydrogen-bond acceptors (Lipinski definition) is 8. The number of carbonyl (C=O) groups excluding carboxylic acids is 3. The minimum atomic E-state index is -0.655. The standard InChI is InChI=1S/C39H42FN9O4/c1-22(2)38(52)47-18-14-28(15-19-47)49-36-31(35(41)42-21-43-36)32(45-49)25-8-12-27(13-9-25)44-37(51)29-20-48(23(3)4)33(39(53)46-16-5-17-46)30(34(29)50)24-6-10-26(40)11-7-24/h6-13,20-23,28H,5,14-19H2,1-4H3,(H,44,51)(H2,41,42,43). The van der Waals surface area contributed by atoms with Crippen molar-refractivity contribution in [2.45, 2.75) is 59.0 Å². The Morgan fingerprint density at radius 2 is 1.55 bits per heavy atom. The Kier molecular flexibility index (Phi) is 9.54. The Bertz CT molecular complexity index is 2270. The van der Waals surface area contributed by atoms with Gasteiger partial charge in [0.05, 0.1) is 17.0 Å². The minimum absolute atomic E-state index is 0.0117. The number of aromatic nitrogens is 5. The molecule has 0 radical (unpaired) electrons. The van der Waals surface area contributed by atoms with Gasteiger partial charge in [-0.25, -0.2) is 19.0 Å². The van der Waals surface area contributed by atoms with Crippen LogP contribution in [-0.4, -0.2) is 78.0 Å². The third-order valence-electron chi connectivity index (χ3n) is 10.1. The van der Waals surface area contributed by atoms with E-state index in [0.717, 1.165) is 24.8 Å². The lowest BCUT2D eigenvalue weighted by atomic mass is 9.98. The molecule has 2 aliphatic rings. The molecule has 3 N–H and O–H groups in total. The number of likely N-dealkylation sites (tertiary alicyclic amines) is 2. The first kappa shape index (κ1) is 35.5. The molecule has 0 saturated carbocycles. The highest BCUT2D eigenvalue weighted by Gasteiger charge is 2.32. The Morgan fingerprint density at radius 1 is 0.887 bits per heavy atom. The van der Waals surface area contributed by atoms with Crippen molar-refractivity contribution in [3.8, 4) is 22.4 Å². The smallest absolute Gasteiger partial charge is 0.271 e. The van der Waals surface area contributed by atoms with E-state index >= 15 is 0 Å². The average molecular weight is 720 g/mol. The van der Waals surface area contributed by atoms with Gasteiger partial charge in [-0.05, 0) is 62.9 Å². The number of nitrogen functional groups attached to an aromatic ring is 1. The maximum atomic E-state index is 14.1. The first-order valence-electron chi connectivity index (χ1n) is 18.0. The largest absolute Gasteiger partial charge is 0.383 e. The van der Waals surface area contributed by atoms with Gasteiger partial charge < -0.3 is 25.4 Å². The van der Waals surface area contributed by atoms with Gasteiger partial charge >= 0.3 is 0 Å². The zero-order valence-electron chi connectivity index (χ0n) is 30.2. The molecule has 14 heteroatoms. The van der Waals surface area contributed by atoms with Crippen molar-refractivity contribution in [1.82, 2.24) is 34.1 Å². The van der Waals surface area contributed by atoms with E-state index < -0.39 is 17.2 Å². The topological polar surface area (TPSA) is 161 Å². The summed E-state index contributed by atoms with van der Waals surface area (Å²) in [6, 6.07) is 12.1. The van der Waals surface area contributed by atoms with Gasteiger partial charge in [-0.2, -0.15) is 5.10 Å². The van der Waals surface area contributed by atoms with Gasteiger partial charge in [0.2, 0.25) is 11.3 Å². The molecule has 13 nitrogen and oxygen atoms in total. The van der Waals surface area contributed by atoms with Crippen LogP contribution in [-0.2, 0) is 4.79 Å². The second-order valence-electron chi connectivity index (χ2n) is 14.2. The third-order valence-corrected chi connectivity index (χ3v) is 10.1. The van der Waals surface area contributed by atoms with Crippen LogP contribution in [0.2, 0.25) is 0 Å². The lowest BCUT2D eigenvalue weighted by Gasteiger charge is -2.33. The van der Waals surface area contributed by atoms with Crippen LogP contribution in [0, 0.1) is 11.7 Å². The van der Waals surface area contributed by atoms with Crippen LogP contribution in [0.1, 0.15) is 79.9 Å². The number of anilines is 2. The van der Waals surface area contributed by atoms with Gasteiger partial charge in [0, 0.05) is 55.6 Å². The highest BCUT2D eigenvalue weighted by molar-refractivity contribution is 6.07. The van der Waals surface area contributed by atoms with Gasteiger partial charge in [0.25, 0.3) is 11.8 Å². The van der Waals surface area contributed by atoms with Crippen molar-refractivity contribution >= 4 is 40.3 Å². The Morgan fingerprint density at radius 3 is 2.15 bits per heavy atom. The molecule has 0 unspecified atom stereocenters. The van der Waals surface area contributed by atoms with E-state index in [1.54, 1.807) is 33.7 Å². The Balaban J connectivity index is 1.19. The lowest BCUT2D eigenvalue weighted by Crippen LogP contribution is -2.44. The first-order chi connectivity index (χ1) is 25.4. The quantitative estimate of drug-likeness (QED) is 0.211. The number of carbonyl (C=O) groups is 3. The van der Waals surface area contributed by atoms with Crippen LogP contribution in [0.15, 0.2) is 65.8 Å². The summed E-state index contributed by atoms with van der Waals surface area (Å²) in [7, 11) is 0. The summed E-state index contributed by atoms with van der Waals surface area (Å²) in [4.78, 5) is 66.5. The fourth-order valence-corrected chi connectivity index (χ4v) is 7.03. The van der Waals surface area contributed by atoms with Gasteiger partial charge in [0.1, 0.15) is 34.9 Å². The number of nitrogens with two attached hydrogens (primary N) is 1. The molecule has 5 heterocycles. The van der Waals surface area contributed by atoms with Crippen LogP contribution in [0.3, 0.4) is 0 Å². The summed E-state index contributed by atoms with van der Waals surface area (Å²) in [5, 5.41) is 8.41. The van der Waals surface area contributed by atoms with Crippen LogP contribution in [0.25, 0.3) is 33.4 Å². The zero-order valence-corrected chi connectivity index (χ0v) is 30.2. The molecule has 2 aromatic carbocycles. The Hall–Kier alpha value is -5.92. The predicted molar refractivity (Wildman–Crippen MR) is 200 cm³/mol. The van der Waals surface area contributed by atoms with E-state index in [9.17, 15) is 23.6 Å². The van der Waals surface area contributed by atoms with E-state index in [2.05, 4.69) is 15.3 Å². The fraction of sp³-hybridized carbons (Fsp3) is 0.359. The fourth-order valence-electron chi connectivity index (χ4n) is 7.03. The monoisotopic (exact) mass is 719 g/mol. The molecule has 2 saturated heterocycles. The van der Waals surface area contributed by atoms with Crippen molar-refractivity contribution < 1.29 is 18.8 Å². The number of amides is 3. The summed E-state index contributed by atoms with van der Waals surface area (Å²) in [6.07, 6.45) is 5.15. The summed E-state index contributed by atoms with van der Waals surface area (Å²) in [5.74, 6) is -1.08. The first-order valence-corrected chi connectivity index (χ1v) is 18.0. The van der Waals surface area contributed by atoms with Gasteiger partial charge in [-0.1, -0.05) is 38.1 Å². The highest BCUT2D eigenvalue weighted by Crippen LogP contribution is 2.35. The number of hydrogen-bond donors (Lipinski definition) is 2. The number of fused-ring (bicyclic) bond motifs is 1. The van der Waals surface area contributed by atoms with Gasteiger partial charge in [-0.3, -0.25) is 19.2 Å². The number of halogens is 1. The summed E-state index contributed by atoms with van der Waals surface area (Å²) in [6.45, 7) is 9.93. The minimum Gasteiger partial charge on any atom is -0.383 e. The van der Waals surface area contributed by atoms with E-state index in [-0.39, 0.29) is 52.5 Å². The van der Waals surface area contributed by atoms with Crippen molar-refractivity contribution in [3.05, 3.63) is 88.4 Å². The van der Waals surface area contributed by atoms with Crippen LogP contribution >= 0.6 is 0 Å². The van der Waals surface area contributed by atoms with E-state index in [1.165, 1.54) is 36.8 Å². The van der Waals surface area contributed by atoms with Crippen molar-refractivity contribution in [3.63, 3.8) is 0 Å². The molecule has 0 aliphatic carbocycles. The molecule has 0 bridgehead atoms. The van der Waals surface area contributed by atoms with Gasteiger partial charge in [-0.15, -0.1) is 0 Å². The molecular weight excluding hydrogens is 677 g/mol. The number of nitrogens with one attached hydrogen (secondary N) is 1. The van der Waals surface area contributed by atoms with Crippen LogP contribution < -0.4 is 16.5 Å². The molecular formula is C39H42FN9O4. The zero-order chi connectivity index (χ0) is 37.6. The SMILES string of the molecule is CC(C)C(=O)N1CCC(n2nc(-c3ccc(NC(=O)c4cn(C(C)C)c(C(=O)N5CCC5)c(-c5ccc(F)cc5)c4=O)cc3)c3c(N)ncnc32)CC1. The normalized spacial score (nSPS) is 14.9. The molecule has 274 valence electrons. The number of rotatable bonds is 8. The maximum Gasteiger partial charge on any atom is 0.271 e. The molecule has 5 aromatic rings. The Labute approximate surface area is 305 Å². The molecule has 0 spiro atoms. The highest BCUT2D eigenvalue weighted by atomic mass is 19.1. The molecule has 2 fully saturated rings. The number of nitrogens with zero attached hydrogens (tertiary/aromatic N) is 7.